The molecule has 1 heterocycles. The minimum absolute atomic E-state index is 0.369. The highest BCUT2D eigenvalue weighted by Gasteiger charge is 2.18. The van der Waals surface area contributed by atoms with Gasteiger partial charge in [-0.3, -0.25) is 4.68 Å². The molecule has 1 aromatic heterocycles. The highest BCUT2D eigenvalue weighted by atomic mass is 79.9. The maximum Gasteiger partial charge on any atom is 0.129 e. The zero-order chi connectivity index (χ0) is 14.9. The third-order valence-corrected chi connectivity index (χ3v) is 4.43. The van der Waals surface area contributed by atoms with Crippen molar-refractivity contribution in [2.45, 2.75) is 25.8 Å². The second kappa shape index (κ2) is 6.24. The molecule has 0 aliphatic rings. The number of aromatic nitrogens is 2. The van der Waals surface area contributed by atoms with Crippen molar-refractivity contribution in [3.8, 4) is 0 Å². The third kappa shape index (κ3) is 3.05. The van der Waals surface area contributed by atoms with E-state index in [1.807, 2.05) is 14.0 Å². The van der Waals surface area contributed by atoms with Crippen LogP contribution >= 0.6 is 27.5 Å². The van der Waals surface area contributed by atoms with Crippen molar-refractivity contribution in [1.29, 1.82) is 0 Å². The summed E-state index contributed by atoms with van der Waals surface area (Å²) in [6.07, 6.45) is 1.33. The molecular weight excluding hydrogens is 345 g/mol. The van der Waals surface area contributed by atoms with Crippen molar-refractivity contribution in [2.75, 3.05) is 0 Å². The fraction of sp³-hybridized carbons (Fsp3) is 0.357. The summed E-state index contributed by atoms with van der Waals surface area (Å²) in [6, 6.07) is 4.12. The van der Waals surface area contributed by atoms with Crippen LogP contribution in [0.2, 0.25) is 5.02 Å². The van der Waals surface area contributed by atoms with Gasteiger partial charge in [-0.15, -0.1) is 0 Å². The van der Waals surface area contributed by atoms with Crippen LogP contribution < -0.4 is 5.73 Å². The first-order valence-electron chi connectivity index (χ1n) is 6.34. The molecule has 0 aliphatic carbocycles. The van der Waals surface area contributed by atoms with Crippen LogP contribution in [0.25, 0.3) is 0 Å². The Morgan fingerprint density at radius 1 is 1.50 bits per heavy atom. The normalized spacial score (nSPS) is 12.7. The van der Waals surface area contributed by atoms with Crippen LogP contribution in [0.15, 0.2) is 22.7 Å². The summed E-state index contributed by atoms with van der Waals surface area (Å²) in [5.74, 6) is -0.376. The van der Waals surface area contributed by atoms with Crippen molar-refractivity contribution in [3.05, 3.63) is 50.5 Å². The topological polar surface area (TPSA) is 43.8 Å². The number of rotatable bonds is 4. The van der Waals surface area contributed by atoms with Crippen LogP contribution in [0.4, 0.5) is 4.39 Å². The number of benzene rings is 1. The molecule has 0 spiro atoms. The Morgan fingerprint density at radius 2 is 2.20 bits per heavy atom. The predicted molar refractivity (Wildman–Crippen MR) is 82.3 cm³/mol. The second-order valence-electron chi connectivity index (χ2n) is 4.66. The van der Waals surface area contributed by atoms with Gasteiger partial charge in [-0.1, -0.05) is 24.6 Å². The Morgan fingerprint density at radius 3 is 2.75 bits per heavy atom. The van der Waals surface area contributed by atoms with E-state index in [2.05, 4.69) is 21.0 Å². The summed E-state index contributed by atoms with van der Waals surface area (Å²) < 4.78 is 16.6. The van der Waals surface area contributed by atoms with Gasteiger partial charge in [0.1, 0.15) is 5.82 Å². The number of nitrogens with zero attached hydrogens (tertiary/aromatic N) is 2. The van der Waals surface area contributed by atoms with Crippen molar-refractivity contribution in [1.82, 2.24) is 9.78 Å². The van der Waals surface area contributed by atoms with E-state index in [0.717, 1.165) is 22.3 Å². The summed E-state index contributed by atoms with van der Waals surface area (Å²) in [4.78, 5) is 0. The lowest BCUT2D eigenvalue weighted by Crippen LogP contribution is -2.17. The Bertz CT molecular complexity index is 627. The van der Waals surface area contributed by atoms with Crippen LogP contribution in [0.3, 0.4) is 0 Å². The first-order valence-corrected chi connectivity index (χ1v) is 7.51. The standard InChI is InChI=1S/C14H16BrClFN3/c1-3-12-14(15)13(20(2)19-12)7-11(18)9-5-4-8(16)6-10(9)17/h4-6,11H,3,7,18H2,1-2H3. The van der Waals surface area contributed by atoms with Gasteiger partial charge in [0.2, 0.25) is 0 Å². The van der Waals surface area contributed by atoms with E-state index < -0.39 is 6.04 Å². The zero-order valence-corrected chi connectivity index (χ0v) is 13.7. The molecule has 0 fully saturated rings. The molecule has 20 heavy (non-hydrogen) atoms. The SMILES string of the molecule is CCc1nn(C)c(CC(N)c2ccc(Cl)cc2F)c1Br. The van der Waals surface area contributed by atoms with E-state index in [9.17, 15) is 4.39 Å². The molecule has 0 aliphatic heterocycles. The van der Waals surface area contributed by atoms with E-state index in [-0.39, 0.29) is 5.82 Å². The smallest absolute Gasteiger partial charge is 0.129 e. The first-order chi connectivity index (χ1) is 9.43. The van der Waals surface area contributed by atoms with Gasteiger partial charge in [-0.25, -0.2) is 4.39 Å². The van der Waals surface area contributed by atoms with E-state index in [4.69, 9.17) is 17.3 Å². The lowest BCUT2D eigenvalue weighted by molar-refractivity contribution is 0.568. The molecule has 1 unspecified atom stereocenters. The molecule has 0 bridgehead atoms. The van der Waals surface area contributed by atoms with E-state index in [1.165, 1.54) is 6.07 Å². The molecule has 6 heteroatoms. The van der Waals surface area contributed by atoms with Crippen LogP contribution in [0.5, 0.6) is 0 Å². The summed E-state index contributed by atoms with van der Waals surface area (Å²) in [5.41, 5.74) is 8.52. The van der Waals surface area contributed by atoms with Gasteiger partial charge in [-0.05, 0) is 34.5 Å². The van der Waals surface area contributed by atoms with E-state index >= 15 is 0 Å². The minimum Gasteiger partial charge on any atom is -0.324 e. The molecule has 108 valence electrons. The molecule has 0 saturated carbocycles. The van der Waals surface area contributed by atoms with Crippen molar-refractivity contribution >= 4 is 27.5 Å². The Kier molecular flexibility index (Phi) is 4.83. The van der Waals surface area contributed by atoms with Crippen LogP contribution in [0.1, 0.15) is 29.9 Å². The molecule has 0 amide bonds. The van der Waals surface area contributed by atoms with Crippen molar-refractivity contribution in [2.24, 2.45) is 12.8 Å². The van der Waals surface area contributed by atoms with Gasteiger partial charge in [0, 0.05) is 30.1 Å². The fourth-order valence-corrected chi connectivity index (χ4v) is 3.10. The summed E-state index contributed by atoms with van der Waals surface area (Å²) >= 11 is 9.29. The molecule has 2 N–H and O–H groups in total. The minimum atomic E-state index is -0.441. The molecule has 0 radical (unpaired) electrons. The predicted octanol–water partition coefficient (Wildman–Crippen LogP) is 3.78. The number of hydrogen-bond acceptors (Lipinski definition) is 2. The Labute approximate surface area is 131 Å². The molecule has 2 rings (SSSR count). The van der Waals surface area contributed by atoms with E-state index in [1.54, 1.807) is 16.8 Å². The summed E-state index contributed by atoms with van der Waals surface area (Å²) in [5, 5.41) is 4.78. The average Bonchev–Trinajstić information content (AvgIpc) is 2.66. The monoisotopic (exact) mass is 359 g/mol. The van der Waals surface area contributed by atoms with Crippen LogP contribution in [-0.4, -0.2) is 9.78 Å². The molecule has 1 atom stereocenters. The van der Waals surface area contributed by atoms with Crippen molar-refractivity contribution < 1.29 is 4.39 Å². The molecule has 1 aromatic carbocycles. The highest BCUT2D eigenvalue weighted by Crippen LogP contribution is 2.27. The third-order valence-electron chi connectivity index (χ3n) is 3.28. The van der Waals surface area contributed by atoms with Crippen molar-refractivity contribution in [3.63, 3.8) is 0 Å². The van der Waals surface area contributed by atoms with E-state index in [0.29, 0.717) is 17.0 Å². The summed E-state index contributed by atoms with van der Waals surface area (Å²) in [7, 11) is 1.87. The lowest BCUT2D eigenvalue weighted by Gasteiger charge is -2.14. The Hall–Kier alpha value is -0.910. The maximum atomic E-state index is 13.9. The molecule has 0 saturated heterocycles. The maximum absolute atomic E-state index is 13.9. The highest BCUT2D eigenvalue weighted by molar-refractivity contribution is 9.10. The average molecular weight is 361 g/mol. The van der Waals surface area contributed by atoms with Gasteiger partial charge in [-0.2, -0.15) is 5.10 Å². The van der Waals surface area contributed by atoms with Crippen LogP contribution in [-0.2, 0) is 19.9 Å². The van der Waals surface area contributed by atoms with Gasteiger partial charge < -0.3 is 5.73 Å². The molecule has 2 aromatic rings. The largest absolute Gasteiger partial charge is 0.324 e. The molecular formula is C14H16BrClFN3. The number of aryl methyl sites for hydroxylation is 2. The van der Waals surface area contributed by atoms with Crippen LogP contribution in [0, 0.1) is 5.82 Å². The fourth-order valence-electron chi connectivity index (χ4n) is 2.16. The lowest BCUT2D eigenvalue weighted by atomic mass is 10.0. The Balaban J connectivity index is 2.27. The molecule has 3 nitrogen and oxygen atoms in total. The quantitative estimate of drug-likeness (QED) is 0.902. The number of nitrogens with two attached hydrogens (primary N) is 1. The zero-order valence-electron chi connectivity index (χ0n) is 11.3. The summed E-state index contributed by atoms with van der Waals surface area (Å²) in [6.45, 7) is 2.04. The number of hydrogen-bond donors (Lipinski definition) is 1. The van der Waals surface area contributed by atoms with Gasteiger partial charge in [0.05, 0.1) is 15.9 Å². The first kappa shape index (κ1) is 15.5. The van der Waals surface area contributed by atoms with Gasteiger partial charge in [0.15, 0.2) is 0 Å². The second-order valence-corrected chi connectivity index (χ2v) is 5.89. The number of halogens is 3. The van der Waals surface area contributed by atoms with Gasteiger partial charge >= 0.3 is 0 Å². The van der Waals surface area contributed by atoms with Gasteiger partial charge in [0.25, 0.3) is 0 Å².